The van der Waals surface area contributed by atoms with Crippen molar-refractivity contribution in [2.75, 3.05) is 0 Å². The van der Waals surface area contributed by atoms with Crippen LogP contribution in [0.25, 0.3) is 0 Å². The van der Waals surface area contributed by atoms with Crippen LogP contribution in [0.5, 0.6) is 0 Å². The highest BCUT2D eigenvalue weighted by Crippen LogP contribution is 2.15. The molecular weight excluding hydrogens is 124 g/mol. The van der Waals surface area contributed by atoms with Gasteiger partial charge in [-0.2, -0.15) is 0 Å². The summed E-state index contributed by atoms with van der Waals surface area (Å²) >= 11 is 0. The molecule has 1 aromatic heterocycles. The summed E-state index contributed by atoms with van der Waals surface area (Å²) in [6, 6.07) is 2.06. The van der Waals surface area contributed by atoms with Crippen LogP contribution in [0, 0.1) is 6.92 Å². The van der Waals surface area contributed by atoms with E-state index >= 15 is 0 Å². The first-order valence-electron chi connectivity index (χ1n) is 3.52. The molecule has 1 aromatic rings. The van der Waals surface area contributed by atoms with Gasteiger partial charge in [0.15, 0.2) is 0 Å². The number of hydrogen-bond donors (Lipinski definition) is 1. The predicted molar refractivity (Wildman–Crippen MR) is 39.5 cm³/mol. The van der Waals surface area contributed by atoms with E-state index in [1.165, 1.54) is 16.8 Å². The van der Waals surface area contributed by atoms with E-state index < -0.39 is 0 Å². The number of aromatic nitrogens is 1. The minimum atomic E-state index is 0.941. The normalized spacial score (nSPS) is 15.3. The molecule has 1 aliphatic rings. The van der Waals surface area contributed by atoms with Gasteiger partial charge >= 0.3 is 0 Å². The van der Waals surface area contributed by atoms with Gasteiger partial charge in [0.25, 0.3) is 0 Å². The van der Waals surface area contributed by atoms with Crippen LogP contribution >= 0.6 is 0 Å². The van der Waals surface area contributed by atoms with Crippen molar-refractivity contribution < 1.29 is 0 Å². The van der Waals surface area contributed by atoms with Gasteiger partial charge in [-0.25, -0.2) is 0 Å². The third-order valence-corrected chi connectivity index (χ3v) is 1.97. The molecule has 0 spiro atoms. The zero-order valence-corrected chi connectivity index (χ0v) is 6.02. The topological polar surface area (TPSA) is 24.9 Å². The number of rotatable bonds is 0. The van der Waals surface area contributed by atoms with Crippen LogP contribution in [-0.2, 0) is 13.1 Å². The lowest BCUT2D eigenvalue weighted by molar-refractivity contribution is 0.757. The number of pyridine rings is 1. The van der Waals surface area contributed by atoms with E-state index in [0.29, 0.717) is 0 Å². The molecule has 10 heavy (non-hydrogen) atoms. The van der Waals surface area contributed by atoms with Crippen LogP contribution < -0.4 is 5.32 Å². The van der Waals surface area contributed by atoms with Crippen LogP contribution in [0.15, 0.2) is 12.3 Å². The van der Waals surface area contributed by atoms with E-state index in [1.807, 2.05) is 6.20 Å². The van der Waals surface area contributed by atoms with Gasteiger partial charge in [0.05, 0.1) is 5.69 Å². The Morgan fingerprint density at radius 3 is 3.20 bits per heavy atom. The van der Waals surface area contributed by atoms with Gasteiger partial charge in [-0.15, -0.1) is 0 Å². The molecule has 2 nitrogen and oxygen atoms in total. The summed E-state index contributed by atoms with van der Waals surface area (Å²) in [6.07, 6.45) is 1.88. The lowest BCUT2D eigenvalue weighted by Crippen LogP contribution is -2.00. The molecule has 0 unspecified atom stereocenters. The molecule has 0 saturated carbocycles. The zero-order valence-electron chi connectivity index (χ0n) is 6.02. The summed E-state index contributed by atoms with van der Waals surface area (Å²) in [7, 11) is 0. The van der Waals surface area contributed by atoms with Gasteiger partial charge in [0.2, 0.25) is 0 Å². The number of hydrogen-bond acceptors (Lipinski definition) is 2. The quantitative estimate of drug-likeness (QED) is 0.572. The lowest BCUT2D eigenvalue weighted by Gasteiger charge is -1.98. The second-order valence-corrected chi connectivity index (χ2v) is 2.66. The molecule has 0 aliphatic carbocycles. The minimum Gasteiger partial charge on any atom is -0.307 e. The standard InChI is InChI=1S/C8H10N2/c1-6-2-3-10-8-5-9-4-7(6)8/h2-3,9H,4-5H2,1H3. The first-order chi connectivity index (χ1) is 4.88. The first kappa shape index (κ1) is 5.86. The summed E-state index contributed by atoms with van der Waals surface area (Å²) in [6.45, 7) is 4.07. The summed E-state index contributed by atoms with van der Waals surface area (Å²) in [5.74, 6) is 0. The van der Waals surface area contributed by atoms with Crippen molar-refractivity contribution in [2.24, 2.45) is 0 Å². The molecule has 1 aliphatic heterocycles. The Bertz CT molecular complexity index is 255. The van der Waals surface area contributed by atoms with E-state index in [9.17, 15) is 0 Å². The van der Waals surface area contributed by atoms with Crippen molar-refractivity contribution >= 4 is 0 Å². The second kappa shape index (κ2) is 2.06. The molecule has 0 saturated heterocycles. The summed E-state index contributed by atoms with van der Waals surface area (Å²) in [4.78, 5) is 4.26. The smallest absolute Gasteiger partial charge is 0.0589 e. The SMILES string of the molecule is Cc1ccnc2c1CNC2. The van der Waals surface area contributed by atoms with Crippen LogP contribution in [-0.4, -0.2) is 4.98 Å². The molecule has 2 heteroatoms. The van der Waals surface area contributed by atoms with E-state index in [0.717, 1.165) is 13.1 Å². The molecule has 0 fully saturated rings. The van der Waals surface area contributed by atoms with Crippen molar-refractivity contribution in [1.82, 2.24) is 10.3 Å². The Labute approximate surface area is 60.3 Å². The number of aryl methyl sites for hydroxylation is 1. The number of fused-ring (bicyclic) bond motifs is 1. The van der Waals surface area contributed by atoms with Gasteiger partial charge in [0, 0.05) is 19.3 Å². The Kier molecular flexibility index (Phi) is 1.21. The third-order valence-electron chi connectivity index (χ3n) is 1.97. The fraction of sp³-hybridized carbons (Fsp3) is 0.375. The van der Waals surface area contributed by atoms with Gasteiger partial charge in [0.1, 0.15) is 0 Å². The Morgan fingerprint density at radius 2 is 2.40 bits per heavy atom. The predicted octanol–water partition coefficient (Wildman–Crippen LogP) is 0.993. The molecule has 0 amide bonds. The monoisotopic (exact) mass is 134 g/mol. The maximum absolute atomic E-state index is 4.26. The summed E-state index contributed by atoms with van der Waals surface area (Å²) in [5.41, 5.74) is 3.97. The Balaban J connectivity index is 2.59. The molecule has 52 valence electrons. The van der Waals surface area contributed by atoms with Crippen molar-refractivity contribution in [3.8, 4) is 0 Å². The zero-order chi connectivity index (χ0) is 6.97. The molecule has 0 radical (unpaired) electrons. The van der Waals surface area contributed by atoms with Crippen molar-refractivity contribution in [3.05, 3.63) is 29.1 Å². The average molecular weight is 134 g/mol. The summed E-state index contributed by atoms with van der Waals surface area (Å²) < 4.78 is 0. The van der Waals surface area contributed by atoms with E-state index in [1.54, 1.807) is 0 Å². The van der Waals surface area contributed by atoms with Crippen LogP contribution in [0.2, 0.25) is 0 Å². The molecule has 0 aromatic carbocycles. The maximum Gasteiger partial charge on any atom is 0.0589 e. The number of nitrogens with one attached hydrogen (secondary N) is 1. The fourth-order valence-electron chi connectivity index (χ4n) is 1.34. The Morgan fingerprint density at radius 1 is 1.50 bits per heavy atom. The van der Waals surface area contributed by atoms with Crippen LogP contribution in [0.3, 0.4) is 0 Å². The number of nitrogens with zero attached hydrogens (tertiary/aromatic N) is 1. The maximum atomic E-state index is 4.26. The van der Waals surface area contributed by atoms with Gasteiger partial charge in [-0.1, -0.05) is 0 Å². The highest BCUT2D eigenvalue weighted by atomic mass is 14.9. The highest BCUT2D eigenvalue weighted by molar-refractivity contribution is 5.31. The molecule has 0 atom stereocenters. The average Bonchev–Trinajstić information content (AvgIpc) is 2.36. The largest absolute Gasteiger partial charge is 0.307 e. The highest BCUT2D eigenvalue weighted by Gasteiger charge is 2.11. The van der Waals surface area contributed by atoms with Crippen molar-refractivity contribution in [2.45, 2.75) is 20.0 Å². The van der Waals surface area contributed by atoms with Crippen molar-refractivity contribution in [1.29, 1.82) is 0 Å². The van der Waals surface area contributed by atoms with Crippen molar-refractivity contribution in [3.63, 3.8) is 0 Å². The molecule has 2 heterocycles. The first-order valence-corrected chi connectivity index (χ1v) is 3.52. The lowest BCUT2D eigenvalue weighted by atomic mass is 10.1. The van der Waals surface area contributed by atoms with Crippen LogP contribution in [0.1, 0.15) is 16.8 Å². The van der Waals surface area contributed by atoms with Gasteiger partial charge in [-0.3, -0.25) is 4.98 Å². The molecule has 1 N–H and O–H groups in total. The molecular formula is C8H10N2. The van der Waals surface area contributed by atoms with Crippen LogP contribution in [0.4, 0.5) is 0 Å². The molecule has 0 bridgehead atoms. The minimum absolute atomic E-state index is 0.941. The van der Waals surface area contributed by atoms with E-state index in [2.05, 4.69) is 23.3 Å². The third kappa shape index (κ3) is 0.727. The van der Waals surface area contributed by atoms with Gasteiger partial charge < -0.3 is 5.32 Å². The van der Waals surface area contributed by atoms with E-state index in [4.69, 9.17) is 0 Å². The van der Waals surface area contributed by atoms with E-state index in [-0.39, 0.29) is 0 Å². The fourth-order valence-corrected chi connectivity index (χ4v) is 1.34. The second-order valence-electron chi connectivity index (χ2n) is 2.66. The summed E-state index contributed by atoms with van der Waals surface area (Å²) in [5, 5.41) is 3.27. The Hall–Kier alpha value is -0.890. The molecule has 2 rings (SSSR count). The van der Waals surface area contributed by atoms with Gasteiger partial charge in [-0.05, 0) is 24.1 Å².